The number of nitrogens with one attached hydrogen (secondary N) is 1. The maximum atomic E-state index is 11.9. The van der Waals surface area contributed by atoms with Gasteiger partial charge in [0.25, 0.3) is 5.91 Å². The minimum Gasteiger partial charge on any atom is -0.373 e. The highest BCUT2D eigenvalue weighted by atomic mass is 127. The standard InChI is InChI=1S/C16H17IN2O/c1-19(15-5-3-2-4-6-15)12-11-18-16(20)13-7-9-14(17)10-8-13/h2-10H,11-12H2,1H3,(H,18,20). The molecule has 1 N–H and O–H groups in total. The van der Waals surface area contributed by atoms with Crippen LogP contribution in [0.2, 0.25) is 0 Å². The van der Waals surface area contributed by atoms with Gasteiger partial charge in [-0.1, -0.05) is 18.2 Å². The minimum absolute atomic E-state index is 0.0251. The third kappa shape index (κ3) is 4.23. The van der Waals surface area contributed by atoms with E-state index in [1.807, 2.05) is 49.5 Å². The summed E-state index contributed by atoms with van der Waals surface area (Å²) in [6.07, 6.45) is 0. The molecule has 0 spiro atoms. The molecule has 0 unspecified atom stereocenters. The molecule has 0 heterocycles. The van der Waals surface area contributed by atoms with E-state index in [4.69, 9.17) is 0 Å². The van der Waals surface area contributed by atoms with Crippen LogP contribution in [0.15, 0.2) is 54.6 Å². The number of carbonyl (C=O) groups is 1. The van der Waals surface area contributed by atoms with Crippen LogP contribution < -0.4 is 10.2 Å². The van der Waals surface area contributed by atoms with Crippen molar-refractivity contribution >= 4 is 34.2 Å². The van der Waals surface area contributed by atoms with Crippen LogP contribution in [0.1, 0.15) is 10.4 Å². The second-order valence-electron chi connectivity index (χ2n) is 4.52. The van der Waals surface area contributed by atoms with E-state index in [0.29, 0.717) is 12.1 Å². The molecule has 0 aliphatic carbocycles. The number of benzene rings is 2. The van der Waals surface area contributed by atoms with Gasteiger partial charge in [0.2, 0.25) is 0 Å². The number of likely N-dealkylation sites (N-methyl/N-ethyl adjacent to an activating group) is 1. The lowest BCUT2D eigenvalue weighted by Crippen LogP contribution is -2.32. The zero-order valence-corrected chi connectivity index (χ0v) is 13.5. The van der Waals surface area contributed by atoms with E-state index in [-0.39, 0.29) is 5.91 Å². The number of hydrogen-bond donors (Lipinski definition) is 1. The first-order valence-corrected chi connectivity index (χ1v) is 7.54. The van der Waals surface area contributed by atoms with E-state index in [9.17, 15) is 4.79 Å². The highest BCUT2D eigenvalue weighted by Crippen LogP contribution is 2.10. The lowest BCUT2D eigenvalue weighted by molar-refractivity contribution is 0.0954. The van der Waals surface area contributed by atoms with Gasteiger partial charge in [0.05, 0.1) is 0 Å². The first-order chi connectivity index (χ1) is 9.66. The van der Waals surface area contributed by atoms with Gasteiger partial charge in [0.15, 0.2) is 0 Å². The lowest BCUT2D eigenvalue weighted by atomic mass is 10.2. The van der Waals surface area contributed by atoms with E-state index in [2.05, 4.69) is 44.9 Å². The normalized spacial score (nSPS) is 10.1. The number of rotatable bonds is 5. The van der Waals surface area contributed by atoms with E-state index in [1.54, 1.807) is 0 Å². The molecule has 3 nitrogen and oxygen atoms in total. The molecule has 0 aliphatic heterocycles. The highest BCUT2D eigenvalue weighted by Gasteiger charge is 2.05. The second-order valence-corrected chi connectivity index (χ2v) is 5.77. The molecule has 2 aromatic carbocycles. The van der Waals surface area contributed by atoms with E-state index < -0.39 is 0 Å². The summed E-state index contributed by atoms with van der Waals surface area (Å²) in [5, 5.41) is 2.94. The number of carbonyl (C=O) groups excluding carboxylic acids is 1. The third-order valence-electron chi connectivity index (χ3n) is 3.04. The molecule has 2 rings (SSSR count). The van der Waals surface area contributed by atoms with E-state index in [0.717, 1.165) is 15.8 Å². The van der Waals surface area contributed by atoms with Crippen LogP contribution in [0.3, 0.4) is 0 Å². The molecule has 4 heteroatoms. The van der Waals surface area contributed by atoms with Crippen molar-refractivity contribution in [3.63, 3.8) is 0 Å². The Hall–Kier alpha value is -1.56. The Labute approximate surface area is 133 Å². The summed E-state index contributed by atoms with van der Waals surface area (Å²) in [5.41, 5.74) is 1.85. The van der Waals surface area contributed by atoms with Gasteiger partial charge in [0, 0.05) is 35.0 Å². The molecular formula is C16H17IN2O. The minimum atomic E-state index is -0.0251. The summed E-state index contributed by atoms with van der Waals surface area (Å²) in [5.74, 6) is -0.0251. The maximum Gasteiger partial charge on any atom is 0.251 e. The SMILES string of the molecule is CN(CCNC(=O)c1ccc(I)cc1)c1ccccc1. The summed E-state index contributed by atoms with van der Waals surface area (Å²) >= 11 is 2.23. The van der Waals surface area contributed by atoms with Crippen LogP contribution in [0.25, 0.3) is 0 Å². The van der Waals surface area contributed by atoms with Crippen molar-refractivity contribution in [2.24, 2.45) is 0 Å². The zero-order valence-electron chi connectivity index (χ0n) is 11.3. The zero-order chi connectivity index (χ0) is 14.4. The largest absolute Gasteiger partial charge is 0.373 e. The molecule has 0 aliphatic rings. The van der Waals surface area contributed by atoms with Crippen molar-refractivity contribution in [2.45, 2.75) is 0 Å². The highest BCUT2D eigenvalue weighted by molar-refractivity contribution is 14.1. The Morgan fingerprint density at radius 1 is 1.10 bits per heavy atom. The van der Waals surface area contributed by atoms with Gasteiger partial charge < -0.3 is 10.2 Å². The van der Waals surface area contributed by atoms with E-state index >= 15 is 0 Å². The number of hydrogen-bond acceptors (Lipinski definition) is 2. The maximum absolute atomic E-state index is 11.9. The number of nitrogens with zero attached hydrogens (tertiary/aromatic N) is 1. The fourth-order valence-corrected chi connectivity index (χ4v) is 2.21. The summed E-state index contributed by atoms with van der Waals surface area (Å²) in [7, 11) is 2.02. The number of amides is 1. The number of halogens is 1. The predicted octanol–water partition coefficient (Wildman–Crippen LogP) is 3.16. The van der Waals surface area contributed by atoms with Gasteiger partial charge >= 0.3 is 0 Å². The van der Waals surface area contributed by atoms with Gasteiger partial charge in [-0.3, -0.25) is 4.79 Å². The number of para-hydroxylation sites is 1. The topological polar surface area (TPSA) is 32.3 Å². The summed E-state index contributed by atoms with van der Waals surface area (Å²) in [6, 6.07) is 17.7. The smallest absolute Gasteiger partial charge is 0.251 e. The molecule has 0 aromatic heterocycles. The van der Waals surface area contributed by atoms with Crippen LogP contribution in [-0.4, -0.2) is 26.0 Å². The molecule has 2 aromatic rings. The van der Waals surface area contributed by atoms with Crippen molar-refractivity contribution in [1.29, 1.82) is 0 Å². The summed E-state index contributed by atoms with van der Waals surface area (Å²) < 4.78 is 1.13. The number of anilines is 1. The van der Waals surface area contributed by atoms with Gasteiger partial charge in [-0.2, -0.15) is 0 Å². The molecule has 1 amide bonds. The van der Waals surface area contributed by atoms with Crippen LogP contribution in [0.5, 0.6) is 0 Å². The molecular weight excluding hydrogens is 363 g/mol. The first-order valence-electron chi connectivity index (χ1n) is 6.47. The molecule has 0 fully saturated rings. The monoisotopic (exact) mass is 380 g/mol. The Morgan fingerprint density at radius 3 is 2.40 bits per heavy atom. The Kier molecular flexibility index (Phi) is 5.40. The first kappa shape index (κ1) is 14.8. The predicted molar refractivity (Wildman–Crippen MR) is 91.2 cm³/mol. The Balaban J connectivity index is 1.81. The van der Waals surface area contributed by atoms with Crippen molar-refractivity contribution in [3.8, 4) is 0 Å². The van der Waals surface area contributed by atoms with Gasteiger partial charge in [-0.25, -0.2) is 0 Å². The fraction of sp³-hybridized carbons (Fsp3) is 0.188. The average Bonchev–Trinajstić information content (AvgIpc) is 2.48. The quantitative estimate of drug-likeness (QED) is 0.809. The van der Waals surface area contributed by atoms with Crippen LogP contribution in [0, 0.1) is 3.57 Å². The van der Waals surface area contributed by atoms with Crippen molar-refractivity contribution in [1.82, 2.24) is 5.32 Å². The molecule has 104 valence electrons. The Bertz CT molecular complexity index is 554. The van der Waals surface area contributed by atoms with Crippen molar-refractivity contribution < 1.29 is 4.79 Å². The second kappa shape index (κ2) is 7.28. The Morgan fingerprint density at radius 2 is 1.75 bits per heavy atom. The lowest BCUT2D eigenvalue weighted by Gasteiger charge is -2.19. The van der Waals surface area contributed by atoms with Gasteiger partial charge in [-0.05, 0) is 59.0 Å². The van der Waals surface area contributed by atoms with Crippen molar-refractivity contribution in [2.75, 3.05) is 25.0 Å². The van der Waals surface area contributed by atoms with Gasteiger partial charge in [-0.15, -0.1) is 0 Å². The summed E-state index contributed by atoms with van der Waals surface area (Å²) in [4.78, 5) is 14.1. The average molecular weight is 380 g/mol. The molecule has 0 saturated heterocycles. The third-order valence-corrected chi connectivity index (χ3v) is 3.76. The van der Waals surface area contributed by atoms with Gasteiger partial charge in [0.1, 0.15) is 0 Å². The molecule has 0 bridgehead atoms. The van der Waals surface area contributed by atoms with Crippen LogP contribution in [0.4, 0.5) is 5.69 Å². The fourth-order valence-electron chi connectivity index (χ4n) is 1.85. The molecule has 0 atom stereocenters. The van der Waals surface area contributed by atoms with E-state index in [1.165, 1.54) is 0 Å². The molecule has 0 radical (unpaired) electrons. The van der Waals surface area contributed by atoms with Crippen LogP contribution in [-0.2, 0) is 0 Å². The molecule has 0 saturated carbocycles. The van der Waals surface area contributed by atoms with Crippen LogP contribution >= 0.6 is 22.6 Å². The van der Waals surface area contributed by atoms with Crippen molar-refractivity contribution in [3.05, 3.63) is 63.7 Å². The summed E-state index contributed by atoms with van der Waals surface area (Å²) in [6.45, 7) is 1.40. The molecule has 20 heavy (non-hydrogen) atoms.